The summed E-state index contributed by atoms with van der Waals surface area (Å²) >= 11 is 0. The van der Waals surface area contributed by atoms with Gasteiger partial charge in [0, 0.05) is 0 Å². The summed E-state index contributed by atoms with van der Waals surface area (Å²) in [5.41, 5.74) is 4.02. The summed E-state index contributed by atoms with van der Waals surface area (Å²) in [5.74, 6) is 0.522. The Morgan fingerprint density at radius 2 is 1.08 bits per heavy atom. The highest BCUT2D eigenvalue weighted by Crippen LogP contribution is 2.28. The molecule has 0 heterocycles. The summed E-state index contributed by atoms with van der Waals surface area (Å²) in [6.45, 7) is 6.73. The van der Waals surface area contributed by atoms with E-state index in [0.29, 0.717) is 5.75 Å². The maximum atomic E-state index is 10.3. The Balaban J connectivity index is 2.40. The van der Waals surface area contributed by atoms with Crippen LogP contribution in [0.2, 0.25) is 0 Å². The first kappa shape index (κ1) is 21.1. The minimum atomic E-state index is 0.522. The summed E-state index contributed by atoms with van der Waals surface area (Å²) in [6, 6.07) is 3.98. The van der Waals surface area contributed by atoms with Crippen LogP contribution in [0.25, 0.3) is 0 Å². The first-order valence-electron chi connectivity index (χ1n) is 10.5. The van der Waals surface area contributed by atoms with Crippen LogP contribution in [0.15, 0.2) is 12.1 Å². The first-order chi connectivity index (χ1) is 11.7. The normalized spacial score (nSPS) is 11.1. The van der Waals surface area contributed by atoms with E-state index in [9.17, 15) is 5.11 Å². The van der Waals surface area contributed by atoms with Crippen molar-refractivity contribution in [3.05, 3.63) is 28.8 Å². The molecule has 1 rings (SSSR count). The number of aromatic hydroxyl groups is 1. The van der Waals surface area contributed by atoms with E-state index in [1.54, 1.807) is 0 Å². The molecular weight excluding hydrogens is 292 g/mol. The van der Waals surface area contributed by atoms with E-state index in [0.717, 1.165) is 12.8 Å². The number of hydrogen-bond donors (Lipinski definition) is 1. The minimum absolute atomic E-state index is 0.522. The lowest BCUT2D eigenvalue weighted by Gasteiger charge is -2.15. The van der Waals surface area contributed by atoms with E-state index in [1.165, 1.54) is 93.7 Å². The fraction of sp³-hybridized carbons (Fsp3) is 0.739. The zero-order valence-electron chi connectivity index (χ0n) is 16.5. The number of phenolic OH excluding ortho intramolecular Hbond substituents is 1. The van der Waals surface area contributed by atoms with Crippen LogP contribution in [0, 0.1) is 6.92 Å². The number of unbranched alkanes of at least 4 members (excludes halogenated alkanes) is 10. The summed E-state index contributed by atoms with van der Waals surface area (Å²) < 4.78 is 0. The minimum Gasteiger partial charge on any atom is -0.508 e. The van der Waals surface area contributed by atoms with Gasteiger partial charge >= 0.3 is 0 Å². The maximum absolute atomic E-state index is 10.3. The molecule has 138 valence electrons. The van der Waals surface area contributed by atoms with E-state index in [2.05, 4.69) is 26.8 Å². The third-order valence-electron chi connectivity index (χ3n) is 5.20. The summed E-state index contributed by atoms with van der Waals surface area (Å²) in [6.07, 6.45) is 18.1. The lowest BCUT2D eigenvalue weighted by Crippen LogP contribution is -1.99. The van der Waals surface area contributed by atoms with Crippen LogP contribution in [0.1, 0.15) is 108 Å². The predicted molar refractivity (Wildman–Crippen MR) is 107 cm³/mol. The molecule has 1 aromatic rings. The Morgan fingerprint density at radius 3 is 1.67 bits per heavy atom. The van der Waals surface area contributed by atoms with Gasteiger partial charge in [-0.3, -0.25) is 0 Å². The van der Waals surface area contributed by atoms with Gasteiger partial charge in [0.25, 0.3) is 0 Å². The summed E-state index contributed by atoms with van der Waals surface area (Å²) in [4.78, 5) is 0. The van der Waals surface area contributed by atoms with Crippen LogP contribution in [0.5, 0.6) is 5.75 Å². The number of benzene rings is 1. The van der Waals surface area contributed by atoms with Crippen molar-refractivity contribution < 1.29 is 5.11 Å². The van der Waals surface area contributed by atoms with Crippen LogP contribution in [-0.2, 0) is 12.8 Å². The second-order valence-corrected chi connectivity index (χ2v) is 7.39. The SMILES string of the molecule is CCCCCCCCCCc1c(O)ccc(C)c1CCCCCC. The largest absolute Gasteiger partial charge is 0.508 e. The van der Waals surface area contributed by atoms with Crippen molar-refractivity contribution >= 4 is 0 Å². The lowest BCUT2D eigenvalue weighted by atomic mass is 9.92. The van der Waals surface area contributed by atoms with Gasteiger partial charge in [0.05, 0.1) is 0 Å². The quantitative estimate of drug-likeness (QED) is 0.349. The topological polar surface area (TPSA) is 20.2 Å². The van der Waals surface area contributed by atoms with Gasteiger partial charge in [-0.15, -0.1) is 0 Å². The Labute approximate surface area is 150 Å². The highest BCUT2D eigenvalue weighted by atomic mass is 16.3. The highest BCUT2D eigenvalue weighted by molar-refractivity contribution is 5.44. The highest BCUT2D eigenvalue weighted by Gasteiger charge is 2.10. The molecule has 0 atom stereocenters. The van der Waals surface area contributed by atoms with Gasteiger partial charge in [0.2, 0.25) is 0 Å². The van der Waals surface area contributed by atoms with Crippen molar-refractivity contribution in [1.29, 1.82) is 0 Å². The second-order valence-electron chi connectivity index (χ2n) is 7.39. The molecule has 1 heteroatoms. The maximum Gasteiger partial charge on any atom is 0.119 e. The van der Waals surface area contributed by atoms with Crippen LogP contribution < -0.4 is 0 Å². The molecule has 0 aliphatic heterocycles. The average molecular weight is 333 g/mol. The predicted octanol–water partition coefficient (Wildman–Crippen LogP) is 7.51. The van der Waals surface area contributed by atoms with Crippen molar-refractivity contribution in [2.75, 3.05) is 0 Å². The number of phenols is 1. The van der Waals surface area contributed by atoms with Gasteiger partial charge in [0.15, 0.2) is 0 Å². The molecule has 0 saturated heterocycles. The zero-order valence-corrected chi connectivity index (χ0v) is 16.5. The molecule has 0 unspecified atom stereocenters. The first-order valence-corrected chi connectivity index (χ1v) is 10.5. The van der Waals surface area contributed by atoms with Gasteiger partial charge < -0.3 is 5.11 Å². The van der Waals surface area contributed by atoms with Crippen molar-refractivity contribution in [1.82, 2.24) is 0 Å². The van der Waals surface area contributed by atoms with E-state index < -0.39 is 0 Å². The van der Waals surface area contributed by atoms with Gasteiger partial charge in [-0.2, -0.15) is 0 Å². The van der Waals surface area contributed by atoms with E-state index in [-0.39, 0.29) is 0 Å². The molecule has 24 heavy (non-hydrogen) atoms. The van der Waals surface area contributed by atoms with Gasteiger partial charge in [-0.25, -0.2) is 0 Å². The molecule has 0 spiro atoms. The Morgan fingerprint density at radius 1 is 0.625 bits per heavy atom. The molecule has 1 N–H and O–H groups in total. The lowest BCUT2D eigenvalue weighted by molar-refractivity contribution is 0.463. The second kappa shape index (κ2) is 13.3. The van der Waals surface area contributed by atoms with Crippen LogP contribution in [0.3, 0.4) is 0 Å². The molecule has 0 aromatic heterocycles. The molecule has 0 aliphatic carbocycles. The molecule has 0 radical (unpaired) electrons. The van der Waals surface area contributed by atoms with Gasteiger partial charge in [-0.05, 0) is 55.4 Å². The molecule has 0 fully saturated rings. The van der Waals surface area contributed by atoms with Crippen molar-refractivity contribution in [2.45, 2.75) is 111 Å². The number of rotatable bonds is 14. The molecule has 0 amide bonds. The monoisotopic (exact) mass is 332 g/mol. The Bertz CT molecular complexity index is 436. The van der Waals surface area contributed by atoms with Crippen molar-refractivity contribution in [3.8, 4) is 5.75 Å². The fourth-order valence-corrected chi connectivity index (χ4v) is 3.59. The van der Waals surface area contributed by atoms with E-state index in [1.807, 2.05) is 6.07 Å². The Hall–Kier alpha value is -0.980. The van der Waals surface area contributed by atoms with Crippen LogP contribution in [0.4, 0.5) is 0 Å². The third-order valence-corrected chi connectivity index (χ3v) is 5.20. The number of hydrogen-bond acceptors (Lipinski definition) is 1. The van der Waals surface area contributed by atoms with Crippen molar-refractivity contribution in [3.63, 3.8) is 0 Å². The zero-order chi connectivity index (χ0) is 17.6. The molecular formula is C23H40O. The number of aryl methyl sites for hydroxylation is 1. The third kappa shape index (κ3) is 8.22. The summed E-state index contributed by atoms with van der Waals surface area (Å²) in [5, 5.41) is 10.3. The van der Waals surface area contributed by atoms with E-state index in [4.69, 9.17) is 0 Å². The smallest absolute Gasteiger partial charge is 0.119 e. The van der Waals surface area contributed by atoms with Gasteiger partial charge in [-0.1, -0.05) is 84.1 Å². The molecule has 0 saturated carbocycles. The summed E-state index contributed by atoms with van der Waals surface area (Å²) in [7, 11) is 0. The van der Waals surface area contributed by atoms with Crippen LogP contribution in [-0.4, -0.2) is 5.11 Å². The molecule has 0 bridgehead atoms. The van der Waals surface area contributed by atoms with Crippen molar-refractivity contribution in [2.24, 2.45) is 0 Å². The average Bonchev–Trinajstić information content (AvgIpc) is 2.58. The Kier molecular flexibility index (Phi) is 11.7. The van der Waals surface area contributed by atoms with E-state index >= 15 is 0 Å². The standard InChI is InChI=1S/C23H40O/c1-4-6-8-10-11-12-13-15-17-22-21(16-14-9-7-5-2)20(3)18-19-23(22)24/h18-19,24H,4-17H2,1-3H3. The van der Waals surface area contributed by atoms with Crippen LogP contribution >= 0.6 is 0 Å². The fourth-order valence-electron chi connectivity index (χ4n) is 3.59. The molecule has 1 aromatic carbocycles. The molecule has 0 aliphatic rings. The van der Waals surface area contributed by atoms with Gasteiger partial charge in [0.1, 0.15) is 5.75 Å². The molecule has 1 nitrogen and oxygen atoms in total.